The molecule has 0 amide bonds. The van der Waals surface area contributed by atoms with Gasteiger partial charge in [0.05, 0.1) is 0 Å². The second-order valence-corrected chi connectivity index (χ2v) is 0.962. The first-order valence-corrected chi connectivity index (χ1v) is 4.93. The zero-order valence-electron chi connectivity index (χ0n) is 4.85. The molecule has 0 saturated heterocycles. The predicted molar refractivity (Wildman–Crippen MR) is 29.2 cm³/mol. The molecule has 0 bridgehead atoms. The van der Waals surface area contributed by atoms with Gasteiger partial charge in [0.2, 0.25) is 0 Å². The summed E-state index contributed by atoms with van der Waals surface area (Å²) in [6, 6.07) is 10.0. The average molecular weight is 382 g/mol. The quantitative estimate of drug-likeness (QED) is 0.397. The Balaban J connectivity index is -0.0000000836. The summed E-state index contributed by atoms with van der Waals surface area (Å²) in [6.45, 7) is 0. The molecule has 0 N–H and O–H groups in total. The normalized spacial score (nSPS) is 5.11. The summed E-state index contributed by atoms with van der Waals surface area (Å²) in [5, 5.41) is 0. The molecular weight excluding hydrogens is 375 g/mol. The molecule has 0 spiro atoms. The van der Waals surface area contributed by atoms with Gasteiger partial charge in [-0.25, -0.2) is 12.1 Å². The first-order valence-electron chi connectivity index (χ1n) is 2.02. The van der Waals surface area contributed by atoms with E-state index in [4.69, 9.17) is 0 Å². The molecule has 1 aromatic rings. The SMILES string of the molecule is [CH2]=[Th+2].[Cl-].[Cl-].c1cc[cH-]c1. The first kappa shape index (κ1) is 16.6. The molecule has 50 valence electrons. The van der Waals surface area contributed by atoms with Gasteiger partial charge in [-0.2, -0.15) is 18.2 Å². The molecule has 3 heteroatoms. The van der Waals surface area contributed by atoms with Gasteiger partial charge in [-0.15, -0.1) is 0 Å². The van der Waals surface area contributed by atoms with Crippen molar-refractivity contribution in [2.45, 2.75) is 0 Å². The van der Waals surface area contributed by atoms with Crippen molar-refractivity contribution in [1.29, 1.82) is 0 Å². The third kappa shape index (κ3) is 12.3. The van der Waals surface area contributed by atoms with Crippen LogP contribution in [0.3, 0.4) is 0 Å². The van der Waals surface area contributed by atoms with E-state index < -0.39 is 0 Å². The Hall–Kier alpha value is 1.12. The summed E-state index contributed by atoms with van der Waals surface area (Å²) in [6.07, 6.45) is 0. The molecule has 0 aliphatic rings. The van der Waals surface area contributed by atoms with Crippen molar-refractivity contribution < 1.29 is 62.2 Å². The van der Waals surface area contributed by atoms with Gasteiger partial charge in [0.1, 0.15) is 0 Å². The minimum atomic E-state index is 0. The fourth-order valence-corrected chi connectivity index (χ4v) is 0.321. The molecule has 0 saturated carbocycles. The van der Waals surface area contributed by atoms with Gasteiger partial charge in [-0.05, 0) is 0 Å². The van der Waals surface area contributed by atoms with Gasteiger partial charge in [0, 0.05) is 0 Å². The maximum Gasteiger partial charge on any atom is -0.172 e. The van der Waals surface area contributed by atoms with Crippen molar-refractivity contribution >= 4 is 2.27 Å². The van der Waals surface area contributed by atoms with Crippen molar-refractivity contribution in [2.24, 2.45) is 0 Å². The van der Waals surface area contributed by atoms with Crippen LogP contribution in [0.4, 0.5) is 0 Å². The molecular formula is C6H7Cl2Th-. The summed E-state index contributed by atoms with van der Waals surface area (Å²) in [5.41, 5.74) is 0. The fourth-order valence-electron chi connectivity index (χ4n) is 0.321. The van der Waals surface area contributed by atoms with Crippen LogP contribution in [0.25, 0.3) is 0 Å². The van der Waals surface area contributed by atoms with Crippen LogP contribution in [0.1, 0.15) is 0 Å². The van der Waals surface area contributed by atoms with Crippen molar-refractivity contribution in [3.05, 3.63) is 30.3 Å². The standard InChI is InChI=1S/C5H5.CH2.2ClH.Th/c1-2-4-5-3-1;;;;/h1-5H;1H2;2*1H;/q-1;;;;+2/p-2. The Morgan fingerprint density at radius 2 is 1.33 bits per heavy atom. The Kier molecular flexibility index (Phi) is 29.6. The van der Waals surface area contributed by atoms with Crippen LogP contribution in [0.15, 0.2) is 30.3 Å². The Morgan fingerprint density at radius 3 is 1.44 bits per heavy atom. The first-order chi connectivity index (χ1) is 3.50. The summed E-state index contributed by atoms with van der Waals surface area (Å²) >= 11 is 0.908. The molecule has 0 aliphatic carbocycles. The molecule has 0 aliphatic heterocycles. The smallest absolute Gasteiger partial charge is 0.172 e. The second kappa shape index (κ2) is 16.1. The van der Waals surface area contributed by atoms with Crippen molar-refractivity contribution in [3.63, 3.8) is 0 Å². The van der Waals surface area contributed by atoms with Crippen molar-refractivity contribution in [2.75, 3.05) is 0 Å². The van der Waals surface area contributed by atoms with Crippen LogP contribution in [-0.4, -0.2) is 2.27 Å². The summed E-state index contributed by atoms with van der Waals surface area (Å²) < 4.78 is 3.42. The predicted octanol–water partition coefficient (Wildman–Crippen LogP) is -4.62. The Bertz CT molecular complexity index is 78.0. The van der Waals surface area contributed by atoms with E-state index in [2.05, 4.69) is 2.27 Å². The van der Waals surface area contributed by atoms with E-state index in [-0.39, 0.29) is 24.8 Å². The van der Waals surface area contributed by atoms with E-state index in [0.29, 0.717) is 0 Å². The third-order valence-electron chi connectivity index (χ3n) is 0.556. The summed E-state index contributed by atoms with van der Waals surface area (Å²) in [5.74, 6) is 0. The van der Waals surface area contributed by atoms with E-state index in [1.807, 2.05) is 30.3 Å². The molecule has 0 unspecified atom stereocenters. The van der Waals surface area contributed by atoms with Crippen molar-refractivity contribution in [1.82, 2.24) is 0 Å². The second-order valence-electron chi connectivity index (χ2n) is 0.962. The van der Waals surface area contributed by atoms with Crippen LogP contribution in [0.2, 0.25) is 0 Å². The van der Waals surface area contributed by atoms with Crippen LogP contribution in [-0.2, 0) is 0 Å². The number of hydrogen-bond acceptors (Lipinski definition) is 0. The Morgan fingerprint density at radius 1 is 1.00 bits per heavy atom. The summed E-state index contributed by atoms with van der Waals surface area (Å²) in [4.78, 5) is 0. The van der Waals surface area contributed by atoms with Gasteiger partial charge >= 0.3 is 39.6 Å². The molecule has 9 heavy (non-hydrogen) atoms. The molecule has 1 aromatic carbocycles. The van der Waals surface area contributed by atoms with Crippen LogP contribution < -0.4 is 24.8 Å². The van der Waals surface area contributed by atoms with Gasteiger partial charge in [-0.3, -0.25) is 0 Å². The van der Waals surface area contributed by atoms with Gasteiger partial charge in [-0.1, -0.05) is 0 Å². The van der Waals surface area contributed by atoms with Gasteiger partial charge in [0.15, 0.2) is 0 Å². The van der Waals surface area contributed by atoms with E-state index in [0.717, 1.165) is 37.4 Å². The van der Waals surface area contributed by atoms with Crippen LogP contribution in [0, 0.1) is 37.4 Å². The zero-order chi connectivity index (χ0) is 5.54. The minimum Gasteiger partial charge on any atom is -1.00 e. The van der Waals surface area contributed by atoms with Gasteiger partial charge < -0.3 is 24.8 Å². The fraction of sp³-hybridized carbons (Fsp3) is 0. The Labute approximate surface area is 93.6 Å². The maximum atomic E-state index is 3.42. The maximum absolute atomic E-state index is 3.42. The number of hydrogen-bond donors (Lipinski definition) is 0. The van der Waals surface area contributed by atoms with Crippen LogP contribution in [0.5, 0.6) is 0 Å². The topological polar surface area (TPSA) is 0 Å². The average Bonchev–Trinajstić information content (AvgIpc) is 2.23. The van der Waals surface area contributed by atoms with E-state index in [1.54, 1.807) is 0 Å². The largest absolute Gasteiger partial charge is 1.00 e. The molecule has 0 fully saturated rings. The molecule has 0 radical (unpaired) electrons. The summed E-state index contributed by atoms with van der Waals surface area (Å²) in [7, 11) is 0. The minimum absolute atomic E-state index is 0. The van der Waals surface area contributed by atoms with Crippen molar-refractivity contribution in [3.8, 4) is 0 Å². The third-order valence-corrected chi connectivity index (χ3v) is 0.556. The molecule has 0 nitrogen and oxygen atoms in total. The molecule has 1 rings (SSSR count). The number of rotatable bonds is 0. The number of halogens is 2. The molecule has 0 heterocycles. The zero-order valence-corrected chi connectivity index (χ0v) is 10.5. The van der Waals surface area contributed by atoms with Crippen LogP contribution >= 0.6 is 0 Å². The monoisotopic (exact) mass is 381 g/mol. The van der Waals surface area contributed by atoms with E-state index >= 15 is 0 Å². The molecule has 0 atom stereocenters. The van der Waals surface area contributed by atoms with E-state index in [9.17, 15) is 0 Å². The molecule has 0 aromatic heterocycles. The van der Waals surface area contributed by atoms with Gasteiger partial charge in [0.25, 0.3) is 0 Å². The van der Waals surface area contributed by atoms with E-state index in [1.165, 1.54) is 0 Å².